The Bertz CT molecular complexity index is 1360. The molecule has 7 heteroatoms. The normalized spacial score (nSPS) is 13.9. The summed E-state index contributed by atoms with van der Waals surface area (Å²) >= 11 is 0. The maximum absolute atomic E-state index is 13.2. The zero-order chi connectivity index (χ0) is 21.4. The third-order valence-corrected chi connectivity index (χ3v) is 6.73. The lowest BCUT2D eigenvalue weighted by molar-refractivity contribution is 0.174. The van der Waals surface area contributed by atoms with Crippen molar-refractivity contribution in [3.63, 3.8) is 0 Å². The molecule has 0 bridgehead atoms. The van der Waals surface area contributed by atoms with Gasteiger partial charge >= 0.3 is 0 Å². The zero-order valence-electron chi connectivity index (χ0n) is 16.4. The minimum atomic E-state index is -3.89. The molecule has 0 amide bonds. The molecule has 0 radical (unpaired) electrons. The molecule has 5 rings (SSSR count). The Morgan fingerprint density at radius 3 is 2.29 bits per heavy atom. The Labute approximate surface area is 179 Å². The van der Waals surface area contributed by atoms with E-state index in [9.17, 15) is 13.5 Å². The van der Waals surface area contributed by atoms with Crippen LogP contribution in [0.2, 0.25) is 0 Å². The number of phenols is 1. The SMILES string of the molecule is O=S(=O)(NC(c1cc2c(cc1O)OCO2)c1cccc2ccccc12)c1ccccc1. The lowest BCUT2D eigenvalue weighted by Crippen LogP contribution is -2.29. The molecule has 4 aromatic carbocycles. The van der Waals surface area contributed by atoms with Crippen LogP contribution in [-0.2, 0) is 10.0 Å². The van der Waals surface area contributed by atoms with Crippen LogP contribution in [-0.4, -0.2) is 20.3 Å². The first-order valence-corrected chi connectivity index (χ1v) is 11.2. The van der Waals surface area contributed by atoms with Gasteiger partial charge in [0.2, 0.25) is 16.8 Å². The van der Waals surface area contributed by atoms with Crippen molar-refractivity contribution in [3.05, 3.63) is 96.1 Å². The fourth-order valence-electron chi connectivity index (χ4n) is 3.80. The highest BCUT2D eigenvalue weighted by molar-refractivity contribution is 7.89. The molecule has 4 aromatic rings. The van der Waals surface area contributed by atoms with Crippen LogP contribution in [0.1, 0.15) is 17.2 Å². The number of phenolic OH excluding ortho intramolecular Hbond substituents is 1. The standard InChI is InChI=1S/C24H19NO5S/c26-21-14-23-22(29-15-30-23)13-20(21)24(25-31(27,28)17-9-2-1-3-10-17)19-12-6-8-16-7-4-5-11-18(16)19/h1-14,24-26H,15H2. The number of ether oxygens (including phenoxy) is 2. The maximum Gasteiger partial charge on any atom is 0.241 e. The Hall–Kier alpha value is -3.55. The summed E-state index contributed by atoms with van der Waals surface area (Å²) in [4.78, 5) is 0.139. The highest BCUT2D eigenvalue weighted by Gasteiger charge is 2.28. The van der Waals surface area contributed by atoms with Crippen molar-refractivity contribution in [2.24, 2.45) is 0 Å². The Kier molecular flexibility index (Phi) is 4.77. The average molecular weight is 433 g/mol. The van der Waals surface area contributed by atoms with E-state index in [1.807, 2.05) is 42.5 Å². The minimum absolute atomic E-state index is 0.0485. The van der Waals surface area contributed by atoms with E-state index in [-0.39, 0.29) is 17.4 Å². The fraction of sp³-hybridized carbons (Fsp3) is 0.0833. The molecule has 0 spiro atoms. The molecule has 1 heterocycles. The van der Waals surface area contributed by atoms with Gasteiger partial charge in [0.25, 0.3) is 0 Å². The molecule has 0 aliphatic carbocycles. The van der Waals surface area contributed by atoms with Crippen LogP contribution in [0, 0.1) is 0 Å². The number of rotatable bonds is 5. The van der Waals surface area contributed by atoms with Crippen LogP contribution >= 0.6 is 0 Å². The van der Waals surface area contributed by atoms with E-state index in [1.165, 1.54) is 18.2 Å². The summed E-state index contributed by atoms with van der Waals surface area (Å²) in [6.07, 6.45) is 0. The van der Waals surface area contributed by atoms with Gasteiger partial charge in [-0.3, -0.25) is 0 Å². The third kappa shape index (κ3) is 3.58. The van der Waals surface area contributed by atoms with E-state index < -0.39 is 16.1 Å². The van der Waals surface area contributed by atoms with Gasteiger partial charge in [-0.25, -0.2) is 8.42 Å². The fourth-order valence-corrected chi connectivity index (χ4v) is 5.01. The molecule has 0 saturated heterocycles. The van der Waals surface area contributed by atoms with Crippen molar-refractivity contribution in [3.8, 4) is 17.2 Å². The van der Waals surface area contributed by atoms with Crippen LogP contribution in [0.3, 0.4) is 0 Å². The van der Waals surface area contributed by atoms with E-state index in [0.29, 0.717) is 22.6 Å². The molecule has 0 saturated carbocycles. The predicted octanol–water partition coefficient (Wildman–Crippen LogP) is 4.34. The second-order valence-corrected chi connectivity index (χ2v) is 8.91. The van der Waals surface area contributed by atoms with Gasteiger partial charge in [-0.15, -0.1) is 0 Å². The van der Waals surface area contributed by atoms with Gasteiger partial charge in [-0.1, -0.05) is 60.7 Å². The summed E-state index contributed by atoms with van der Waals surface area (Å²) < 4.78 is 40.0. The first kappa shape index (κ1) is 19.4. The first-order valence-electron chi connectivity index (χ1n) is 9.70. The summed E-state index contributed by atoms with van der Waals surface area (Å²) in [7, 11) is -3.89. The smallest absolute Gasteiger partial charge is 0.241 e. The van der Waals surface area contributed by atoms with Crippen LogP contribution in [0.25, 0.3) is 10.8 Å². The van der Waals surface area contributed by atoms with Crippen molar-refractivity contribution in [2.45, 2.75) is 10.9 Å². The highest BCUT2D eigenvalue weighted by Crippen LogP contribution is 2.42. The van der Waals surface area contributed by atoms with Gasteiger partial charge in [0.15, 0.2) is 11.5 Å². The predicted molar refractivity (Wildman–Crippen MR) is 117 cm³/mol. The van der Waals surface area contributed by atoms with Crippen LogP contribution in [0.5, 0.6) is 17.2 Å². The van der Waals surface area contributed by atoms with Crippen molar-refractivity contribution < 1.29 is 23.0 Å². The molecule has 2 N–H and O–H groups in total. The lowest BCUT2D eigenvalue weighted by atomic mass is 9.93. The van der Waals surface area contributed by atoms with E-state index in [1.54, 1.807) is 24.3 Å². The number of benzene rings is 4. The Morgan fingerprint density at radius 2 is 1.48 bits per heavy atom. The number of aromatic hydroxyl groups is 1. The molecule has 1 unspecified atom stereocenters. The first-order chi connectivity index (χ1) is 15.0. The van der Waals surface area contributed by atoms with Crippen molar-refractivity contribution in [1.82, 2.24) is 4.72 Å². The monoisotopic (exact) mass is 433 g/mol. The topological polar surface area (TPSA) is 84.9 Å². The van der Waals surface area contributed by atoms with Crippen LogP contribution < -0.4 is 14.2 Å². The number of hydrogen-bond acceptors (Lipinski definition) is 5. The lowest BCUT2D eigenvalue weighted by Gasteiger charge is -2.22. The molecular weight excluding hydrogens is 414 g/mol. The molecule has 1 aliphatic rings. The average Bonchev–Trinajstić information content (AvgIpc) is 3.24. The Morgan fingerprint density at radius 1 is 0.806 bits per heavy atom. The summed E-state index contributed by atoms with van der Waals surface area (Å²) in [6, 6.07) is 23.8. The number of hydrogen-bond donors (Lipinski definition) is 2. The molecule has 0 aromatic heterocycles. The van der Waals surface area contributed by atoms with Gasteiger partial charge in [0.1, 0.15) is 5.75 Å². The summed E-state index contributed by atoms with van der Waals surface area (Å²) in [5, 5.41) is 12.6. The molecule has 156 valence electrons. The largest absolute Gasteiger partial charge is 0.507 e. The number of sulfonamides is 1. The number of fused-ring (bicyclic) bond motifs is 2. The summed E-state index contributed by atoms with van der Waals surface area (Å²) in [6.45, 7) is 0.0485. The molecule has 6 nitrogen and oxygen atoms in total. The van der Waals surface area contributed by atoms with Gasteiger partial charge < -0.3 is 14.6 Å². The molecular formula is C24H19NO5S. The third-order valence-electron chi connectivity index (χ3n) is 5.29. The van der Waals surface area contributed by atoms with Gasteiger partial charge in [0.05, 0.1) is 10.9 Å². The van der Waals surface area contributed by atoms with Crippen molar-refractivity contribution in [1.29, 1.82) is 0 Å². The summed E-state index contributed by atoms with van der Waals surface area (Å²) in [5.74, 6) is 0.790. The molecule has 1 aliphatic heterocycles. The molecule has 0 fully saturated rings. The van der Waals surface area contributed by atoms with Crippen LogP contribution in [0.4, 0.5) is 0 Å². The quantitative estimate of drug-likeness (QED) is 0.489. The summed E-state index contributed by atoms with van der Waals surface area (Å²) in [5.41, 5.74) is 1.09. The van der Waals surface area contributed by atoms with Gasteiger partial charge in [-0.2, -0.15) is 4.72 Å². The minimum Gasteiger partial charge on any atom is -0.507 e. The van der Waals surface area contributed by atoms with E-state index >= 15 is 0 Å². The molecule has 31 heavy (non-hydrogen) atoms. The maximum atomic E-state index is 13.2. The second-order valence-electron chi connectivity index (χ2n) is 7.20. The Balaban J connectivity index is 1.70. The van der Waals surface area contributed by atoms with Crippen molar-refractivity contribution in [2.75, 3.05) is 6.79 Å². The van der Waals surface area contributed by atoms with Gasteiger partial charge in [0, 0.05) is 11.6 Å². The molecule has 1 atom stereocenters. The second kappa shape index (κ2) is 7.61. The zero-order valence-corrected chi connectivity index (χ0v) is 17.2. The van der Waals surface area contributed by atoms with E-state index in [0.717, 1.165) is 10.8 Å². The van der Waals surface area contributed by atoms with E-state index in [2.05, 4.69) is 4.72 Å². The van der Waals surface area contributed by atoms with Gasteiger partial charge in [-0.05, 0) is 34.5 Å². The van der Waals surface area contributed by atoms with Crippen LogP contribution in [0.15, 0.2) is 89.8 Å². The van der Waals surface area contributed by atoms with E-state index in [4.69, 9.17) is 9.47 Å². The van der Waals surface area contributed by atoms with Crippen molar-refractivity contribution >= 4 is 20.8 Å². The highest BCUT2D eigenvalue weighted by atomic mass is 32.2. The number of nitrogens with one attached hydrogen (secondary N) is 1.